The largest absolute Gasteiger partial charge is 2.00 e. The van der Waals surface area contributed by atoms with Crippen LogP contribution in [0.4, 0.5) is 0 Å². The zero-order chi connectivity index (χ0) is 9.00. The molecular weight excluding hydrogens is 357 g/mol. The van der Waals surface area contributed by atoms with Crippen molar-refractivity contribution in [2.75, 3.05) is 0 Å². The first-order valence-electron chi connectivity index (χ1n) is 1.46. The molecular formula is H2CaFeMnO9P2. The summed E-state index contributed by atoms with van der Waals surface area (Å²) >= 11 is 0. The fourth-order valence-electron chi connectivity index (χ4n) is 0. The van der Waals surface area contributed by atoms with Gasteiger partial charge in [0.05, 0.1) is 0 Å². The van der Waals surface area contributed by atoms with E-state index in [0.717, 1.165) is 0 Å². The summed E-state index contributed by atoms with van der Waals surface area (Å²) in [4.78, 5) is 51.3. The van der Waals surface area contributed by atoms with Gasteiger partial charge >= 0.3 is 71.9 Å². The van der Waals surface area contributed by atoms with Crippen LogP contribution in [0.1, 0.15) is 0 Å². The Balaban J connectivity index is -0.0000000178. The molecule has 14 heavy (non-hydrogen) atoms. The molecule has 0 aromatic heterocycles. The third kappa shape index (κ3) is 428. The quantitative estimate of drug-likeness (QED) is 0.299. The fraction of sp³-hybridized carbons (Fsp3) is 0. The molecule has 0 saturated heterocycles. The molecule has 0 rings (SSSR count). The molecule has 0 atom stereocenters. The van der Waals surface area contributed by atoms with E-state index in [4.69, 9.17) is 38.5 Å². The van der Waals surface area contributed by atoms with Crippen molar-refractivity contribution in [1.29, 1.82) is 0 Å². The Morgan fingerprint density at radius 3 is 0.714 bits per heavy atom. The normalized spacial score (nSPS) is 8.43. The molecule has 0 amide bonds. The predicted octanol–water partition coefficient (Wildman–Crippen LogP) is -6.86. The van der Waals surface area contributed by atoms with Crippen LogP contribution < -0.4 is 29.4 Å². The molecule has 14 heteroatoms. The van der Waals surface area contributed by atoms with E-state index < -0.39 is 15.6 Å². The Hall–Kier alpha value is 2.48. The minimum Gasteiger partial charge on any atom is -0.822 e. The maximum Gasteiger partial charge on any atom is 2.00 e. The maximum atomic E-state index is 8.55. The zero-order valence-corrected chi connectivity index (χ0v) is 12.4. The second-order valence-electron chi connectivity index (χ2n) is 0.894. The minimum atomic E-state index is -5.39. The second-order valence-corrected chi connectivity index (χ2v) is 2.68. The molecule has 0 aromatic rings. The van der Waals surface area contributed by atoms with E-state index in [2.05, 4.69) is 0 Å². The van der Waals surface area contributed by atoms with Crippen LogP contribution in [0.25, 0.3) is 0 Å². The van der Waals surface area contributed by atoms with Crippen LogP contribution in [0.5, 0.6) is 0 Å². The van der Waals surface area contributed by atoms with Crippen molar-refractivity contribution in [3.05, 3.63) is 0 Å². The van der Waals surface area contributed by atoms with Crippen molar-refractivity contribution >= 4 is 53.4 Å². The summed E-state index contributed by atoms with van der Waals surface area (Å²) < 4.78 is 17.1. The molecule has 0 aliphatic heterocycles. The van der Waals surface area contributed by atoms with Gasteiger partial charge in [-0.1, -0.05) is 0 Å². The summed E-state index contributed by atoms with van der Waals surface area (Å²) in [7, 11) is -10.8. The number of rotatable bonds is 0. The SMILES string of the molecule is O.O=P([O-])([O-])[O-].O=P([O-])([O-])[O-].[Ca+2].[Fe+2].[Mn+2]. The third-order valence-corrected chi connectivity index (χ3v) is 0. The van der Waals surface area contributed by atoms with Crippen LogP contribution in [0, 0.1) is 0 Å². The molecule has 0 heterocycles. The Kier molecular flexibility index (Phi) is 39.8. The van der Waals surface area contributed by atoms with Crippen LogP contribution in [0.3, 0.4) is 0 Å². The van der Waals surface area contributed by atoms with Gasteiger partial charge in [-0.3, -0.25) is 0 Å². The van der Waals surface area contributed by atoms with Crippen molar-refractivity contribution in [2.45, 2.75) is 0 Å². The molecule has 0 unspecified atom stereocenters. The van der Waals surface area contributed by atoms with E-state index in [-0.39, 0.29) is 77.4 Å². The van der Waals surface area contributed by atoms with E-state index in [0.29, 0.717) is 0 Å². The molecule has 83 valence electrons. The average molecular weight is 359 g/mol. The van der Waals surface area contributed by atoms with Crippen molar-refractivity contribution in [1.82, 2.24) is 0 Å². The van der Waals surface area contributed by atoms with Crippen LogP contribution >= 0.6 is 15.6 Å². The second kappa shape index (κ2) is 15.5. The van der Waals surface area contributed by atoms with E-state index in [1.54, 1.807) is 0 Å². The van der Waals surface area contributed by atoms with E-state index in [9.17, 15) is 0 Å². The summed E-state index contributed by atoms with van der Waals surface area (Å²) in [6.07, 6.45) is 0. The summed E-state index contributed by atoms with van der Waals surface area (Å²) in [6, 6.07) is 0. The molecule has 0 saturated carbocycles. The van der Waals surface area contributed by atoms with Gasteiger partial charge in [0.2, 0.25) is 0 Å². The Morgan fingerprint density at radius 1 is 0.714 bits per heavy atom. The van der Waals surface area contributed by atoms with Gasteiger partial charge in [-0.2, -0.15) is 15.6 Å². The van der Waals surface area contributed by atoms with Gasteiger partial charge in [0.15, 0.2) is 0 Å². The monoisotopic (exact) mass is 359 g/mol. The Labute approximate surface area is 130 Å². The van der Waals surface area contributed by atoms with Gasteiger partial charge in [-0.25, -0.2) is 0 Å². The van der Waals surface area contributed by atoms with Gasteiger partial charge in [0.1, 0.15) is 0 Å². The first kappa shape index (κ1) is 36.0. The molecule has 0 bridgehead atoms. The molecule has 0 aromatic carbocycles. The first-order valence-corrected chi connectivity index (χ1v) is 4.38. The van der Waals surface area contributed by atoms with Crippen LogP contribution in [-0.2, 0) is 43.3 Å². The summed E-state index contributed by atoms with van der Waals surface area (Å²) in [6.45, 7) is 0. The van der Waals surface area contributed by atoms with E-state index in [1.165, 1.54) is 0 Å². The fourth-order valence-corrected chi connectivity index (χ4v) is 0. The Bertz CT molecular complexity index is 135. The van der Waals surface area contributed by atoms with Crippen molar-refractivity contribution in [2.24, 2.45) is 0 Å². The molecule has 2 N–H and O–H groups in total. The van der Waals surface area contributed by atoms with Gasteiger partial charge in [-0.05, 0) is 0 Å². The summed E-state index contributed by atoms with van der Waals surface area (Å²) in [5, 5.41) is 0. The minimum absolute atomic E-state index is 0. The number of hydrogen-bond acceptors (Lipinski definition) is 8. The maximum absolute atomic E-state index is 8.55. The van der Waals surface area contributed by atoms with Crippen LogP contribution in [-0.4, -0.2) is 43.2 Å². The molecule has 0 aliphatic rings. The number of phosphoric acid groups is 2. The summed E-state index contributed by atoms with van der Waals surface area (Å²) in [5.41, 5.74) is 0. The molecule has 0 aliphatic carbocycles. The standard InChI is InChI=1S/Ca.Fe.Mn.2H3O4P.H2O/c;;;2*1-5(2,3)4;/h;;;2*(H3,1,2,3,4);1H2/q3*+2;;;/p-6. The van der Waals surface area contributed by atoms with Gasteiger partial charge in [0, 0.05) is 0 Å². The van der Waals surface area contributed by atoms with Crippen molar-refractivity contribution in [3.63, 3.8) is 0 Å². The third-order valence-electron chi connectivity index (χ3n) is 0. The van der Waals surface area contributed by atoms with Crippen molar-refractivity contribution in [3.8, 4) is 0 Å². The molecule has 0 spiro atoms. The van der Waals surface area contributed by atoms with Gasteiger partial charge in [-0.15, -0.1) is 0 Å². The van der Waals surface area contributed by atoms with E-state index >= 15 is 0 Å². The topological polar surface area (TPSA) is 204 Å². The van der Waals surface area contributed by atoms with E-state index in [1.807, 2.05) is 0 Å². The van der Waals surface area contributed by atoms with Crippen LogP contribution in [0.15, 0.2) is 0 Å². The molecule has 9 nitrogen and oxygen atoms in total. The van der Waals surface area contributed by atoms with Crippen molar-refractivity contribution < 1.29 is 78.1 Å². The Morgan fingerprint density at radius 2 is 0.714 bits per heavy atom. The molecule has 1 radical (unpaired) electrons. The summed E-state index contributed by atoms with van der Waals surface area (Å²) in [5.74, 6) is 0. The first-order chi connectivity index (χ1) is 4.00. The van der Waals surface area contributed by atoms with Crippen LogP contribution in [0.2, 0.25) is 0 Å². The van der Waals surface area contributed by atoms with Gasteiger partial charge < -0.3 is 44.0 Å². The molecule has 0 fully saturated rings. The number of hydrogen-bond donors (Lipinski definition) is 0. The smallest absolute Gasteiger partial charge is 0.822 e. The zero-order valence-electron chi connectivity index (χ0n) is 6.10. The average Bonchev–Trinajstić information content (AvgIpc) is 1.12. The van der Waals surface area contributed by atoms with Gasteiger partial charge in [0.25, 0.3) is 0 Å². The predicted molar refractivity (Wildman–Crippen MR) is 24.6 cm³/mol.